The van der Waals surface area contributed by atoms with Gasteiger partial charge in [0.15, 0.2) is 0 Å². The van der Waals surface area contributed by atoms with Gasteiger partial charge in [0.25, 0.3) is 0 Å². The number of rotatable bonds is 2. The lowest BCUT2D eigenvalue weighted by Crippen LogP contribution is -2.49. The van der Waals surface area contributed by atoms with Crippen LogP contribution in [-0.2, 0) is 6.54 Å². The molecule has 2 heterocycles. The molecule has 3 rings (SSSR count). The van der Waals surface area contributed by atoms with E-state index in [9.17, 15) is 0 Å². The van der Waals surface area contributed by atoms with Crippen molar-refractivity contribution in [3.63, 3.8) is 0 Å². The molecule has 0 radical (unpaired) electrons. The third-order valence-corrected chi connectivity index (χ3v) is 4.33. The highest BCUT2D eigenvalue weighted by molar-refractivity contribution is 5.25. The highest BCUT2D eigenvalue weighted by Gasteiger charge is 2.30. The average Bonchev–Trinajstić information content (AvgIpc) is 2.79. The standard InChI is InChI=1S/C15H22N2/c1-13-5-2-3-6-14(13)11-16-9-10-17-8-4-7-15(17)12-16/h2-3,5-6,15H,4,7-12H2,1H3. The van der Waals surface area contributed by atoms with Gasteiger partial charge >= 0.3 is 0 Å². The third kappa shape index (κ3) is 2.38. The molecule has 2 nitrogen and oxygen atoms in total. The number of aryl methyl sites for hydroxylation is 1. The zero-order valence-electron chi connectivity index (χ0n) is 10.7. The second-order valence-corrected chi connectivity index (χ2v) is 5.49. The van der Waals surface area contributed by atoms with E-state index in [0.29, 0.717) is 0 Å². The molecule has 2 heteroatoms. The Balaban J connectivity index is 1.64. The van der Waals surface area contributed by atoms with Crippen LogP contribution < -0.4 is 0 Å². The summed E-state index contributed by atoms with van der Waals surface area (Å²) in [5, 5.41) is 0. The molecule has 17 heavy (non-hydrogen) atoms. The lowest BCUT2D eigenvalue weighted by molar-refractivity contribution is 0.0992. The Morgan fingerprint density at radius 1 is 1.18 bits per heavy atom. The molecule has 2 aliphatic heterocycles. The van der Waals surface area contributed by atoms with Gasteiger partial charge in [-0.05, 0) is 37.4 Å². The molecular formula is C15H22N2. The average molecular weight is 230 g/mol. The minimum Gasteiger partial charge on any atom is -0.298 e. The topological polar surface area (TPSA) is 6.48 Å². The Hall–Kier alpha value is -0.860. The van der Waals surface area contributed by atoms with Crippen LogP contribution in [0.2, 0.25) is 0 Å². The van der Waals surface area contributed by atoms with Crippen molar-refractivity contribution in [1.82, 2.24) is 9.80 Å². The summed E-state index contributed by atoms with van der Waals surface area (Å²) >= 11 is 0. The molecule has 0 aliphatic carbocycles. The number of hydrogen-bond donors (Lipinski definition) is 0. The van der Waals surface area contributed by atoms with Gasteiger partial charge < -0.3 is 0 Å². The zero-order chi connectivity index (χ0) is 11.7. The van der Waals surface area contributed by atoms with Gasteiger partial charge in [-0.1, -0.05) is 24.3 Å². The van der Waals surface area contributed by atoms with Gasteiger partial charge in [-0.2, -0.15) is 0 Å². The Morgan fingerprint density at radius 3 is 2.94 bits per heavy atom. The van der Waals surface area contributed by atoms with Crippen molar-refractivity contribution in [2.24, 2.45) is 0 Å². The van der Waals surface area contributed by atoms with E-state index in [-0.39, 0.29) is 0 Å². The SMILES string of the molecule is Cc1ccccc1CN1CCN2CCCC2C1. The number of nitrogens with zero attached hydrogens (tertiary/aromatic N) is 2. The van der Waals surface area contributed by atoms with Crippen LogP contribution in [0.25, 0.3) is 0 Å². The molecule has 0 spiro atoms. The van der Waals surface area contributed by atoms with Crippen LogP contribution in [0.5, 0.6) is 0 Å². The largest absolute Gasteiger partial charge is 0.298 e. The van der Waals surface area contributed by atoms with Gasteiger partial charge in [-0.25, -0.2) is 0 Å². The Bertz CT molecular complexity index is 388. The molecule has 0 saturated carbocycles. The summed E-state index contributed by atoms with van der Waals surface area (Å²) in [5.74, 6) is 0. The molecule has 92 valence electrons. The smallest absolute Gasteiger partial charge is 0.0237 e. The van der Waals surface area contributed by atoms with Crippen LogP contribution in [-0.4, -0.2) is 42.0 Å². The first-order chi connectivity index (χ1) is 8.33. The van der Waals surface area contributed by atoms with Crippen molar-refractivity contribution in [2.45, 2.75) is 32.4 Å². The Morgan fingerprint density at radius 2 is 2.06 bits per heavy atom. The fourth-order valence-electron chi connectivity index (χ4n) is 3.23. The minimum absolute atomic E-state index is 0.841. The summed E-state index contributed by atoms with van der Waals surface area (Å²) < 4.78 is 0. The van der Waals surface area contributed by atoms with E-state index >= 15 is 0 Å². The molecule has 2 aliphatic rings. The summed E-state index contributed by atoms with van der Waals surface area (Å²) in [6.45, 7) is 8.48. The van der Waals surface area contributed by atoms with Gasteiger partial charge in [0, 0.05) is 32.2 Å². The summed E-state index contributed by atoms with van der Waals surface area (Å²) in [4.78, 5) is 5.31. The van der Waals surface area contributed by atoms with Crippen LogP contribution in [0, 0.1) is 6.92 Å². The van der Waals surface area contributed by atoms with E-state index in [1.807, 2.05) is 0 Å². The highest BCUT2D eigenvalue weighted by Crippen LogP contribution is 2.22. The highest BCUT2D eigenvalue weighted by atomic mass is 15.3. The summed E-state index contributed by atoms with van der Waals surface area (Å²) in [6.07, 6.45) is 2.81. The number of fused-ring (bicyclic) bond motifs is 1. The number of hydrogen-bond acceptors (Lipinski definition) is 2. The fraction of sp³-hybridized carbons (Fsp3) is 0.600. The maximum absolute atomic E-state index is 2.67. The fourth-order valence-corrected chi connectivity index (χ4v) is 3.23. The monoisotopic (exact) mass is 230 g/mol. The molecule has 0 aromatic heterocycles. The van der Waals surface area contributed by atoms with Crippen molar-refractivity contribution in [3.8, 4) is 0 Å². The quantitative estimate of drug-likeness (QED) is 0.769. The summed E-state index contributed by atoms with van der Waals surface area (Å²) in [6, 6.07) is 9.63. The third-order valence-electron chi connectivity index (χ3n) is 4.33. The maximum Gasteiger partial charge on any atom is 0.0237 e. The van der Waals surface area contributed by atoms with Crippen molar-refractivity contribution < 1.29 is 0 Å². The lowest BCUT2D eigenvalue weighted by Gasteiger charge is -2.37. The molecule has 1 atom stereocenters. The lowest BCUT2D eigenvalue weighted by atomic mass is 10.1. The van der Waals surface area contributed by atoms with Crippen molar-refractivity contribution in [1.29, 1.82) is 0 Å². The van der Waals surface area contributed by atoms with E-state index in [2.05, 4.69) is 41.0 Å². The minimum atomic E-state index is 0.841. The molecule has 2 saturated heterocycles. The molecule has 1 aromatic rings. The Kier molecular flexibility index (Phi) is 3.17. The summed E-state index contributed by atoms with van der Waals surface area (Å²) in [5.41, 5.74) is 2.93. The molecule has 1 unspecified atom stereocenters. The van der Waals surface area contributed by atoms with E-state index in [1.165, 1.54) is 50.1 Å². The first-order valence-electron chi connectivity index (χ1n) is 6.84. The van der Waals surface area contributed by atoms with E-state index in [0.717, 1.165) is 12.6 Å². The van der Waals surface area contributed by atoms with Crippen molar-refractivity contribution >= 4 is 0 Å². The summed E-state index contributed by atoms with van der Waals surface area (Å²) in [7, 11) is 0. The van der Waals surface area contributed by atoms with Crippen molar-refractivity contribution in [3.05, 3.63) is 35.4 Å². The molecular weight excluding hydrogens is 208 g/mol. The zero-order valence-corrected chi connectivity index (χ0v) is 10.7. The molecule has 2 fully saturated rings. The van der Waals surface area contributed by atoms with Crippen LogP contribution in [0.1, 0.15) is 24.0 Å². The van der Waals surface area contributed by atoms with E-state index < -0.39 is 0 Å². The number of benzene rings is 1. The second-order valence-electron chi connectivity index (χ2n) is 5.49. The molecule has 0 N–H and O–H groups in total. The van der Waals surface area contributed by atoms with Crippen molar-refractivity contribution in [2.75, 3.05) is 26.2 Å². The van der Waals surface area contributed by atoms with Crippen LogP contribution in [0.15, 0.2) is 24.3 Å². The second kappa shape index (κ2) is 4.79. The number of piperazine rings is 1. The maximum atomic E-state index is 2.67. The van der Waals surface area contributed by atoms with E-state index in [4.69, 9.17) is 0 Å². The van der Waals surface area contributed by atoms with E-state index in [1.54, 1.807) is 0 Å². The molecule has 0 amide bonds. The van der Waals surface area contributed by atoms with Gasteiger partial charge in [-0.15, -0.1) is 0 Å². The molecule has 0 bridgehead atoms. The van der Waals surface area contributed by atoms with Crippen LogP contribution >= 0.6 is 0 Å². The van der Waals surface area contributed by atoms with Gasteiger partial charge in [0.1, 0.15) is 0 Å². The first kappa shape index (κ1) is 11.2. The van der Waals surface area contributed by atoms with Gasteiger partial charge in [0.2, 0.25) is 0 Å². The first-order valence-corrected chi connectivity index (χ1v) is 6.84. The normalized spacial score (nSPS) is 26.1. The Labute approximate surface area is 104 Å². The van der Waals surface area contributed by atoms with Crippen LogP contribution in [0.3, 0.4) is 0 Å². The molecule has 1 aromatic carbocycles. The predicted molar refractivity (Wildman–Crippen MR) is 71.1 cm³/mol. The predicted octanol–water partition coefficient (Wildman–Crippen LogP) is 2.28. The van der Waals surface area contributed by atoms with Crippen LogP contribution in [0.4, 0.5) is 0 Å². The van der Waals surface area contributed by atoms with Gasteiger partial charge in [0.05, 0.1) is 0 Å². The van der Waals surface area contributed by atoms with Gasteiger partial charge in [-0.3, -0.25) is 9.80 Å².